The van der Waals surface area contributed by atoms with Gasteiger partial charge in [-0.3, -0.25) is 9.69 Å². The molecule has 138 valence electrons. The van der Waals surface area contributed by atoms with Crippen molar-refractivity contribution in [2.45, 2.75) is 45.4 Å². The molecule has 1 saturated heterocycles. The van der Waals surface area contributed by atoms with Crippen molar-refractivity contribution < 1.29 is 14.3 Å². The predicted molar refractivity (Wildman–Crippen MR) is 97.5 cm³/mol. The van der Waals surface area contributed by atoms with Crippen LogP contribution in [0.2, 0.25) is 0 Å². The zero-order valence-electron chi connectivity index (χ0n) is 15.5. The summed E-state index contributed by atoms with van der Waals surface area (Å²) in [7, 11) is 1.75. The second-order valence-corrected chi connectivity index (χ2v) is 7.31. The lowest BCUT2D eigenvalue weighted by Gasteiger charge is -2.37. The van der Waals surface area contributed by atoms with Crippen LogP contribution in [0.5, 0.6) is 5.75 Å². The molecule has 1 N–H and O–H groups in total. The van der Waals surface area contributed by atoms with Crippen LogP contribution in [0.1, 0.15) is 32.3 Å². The predicted octanol–water partition coefficient (Wildman–Crippen LogP) is 2.45. The van der Waals surface area contributed by atoms with Crippen LogP contribution in [0.4, 0.5) is 0 Å². The first-order valence-electron chi connectivity index (χ1n) is 9.33. The molecular formula is C20H30N2O3. The minimum absolute atomic E-state index is 0.0333. The number of nitrogens with zero attached hydrogens (tertiary/aromatic N) is 1. The van der Waals surface area contributed by atoms with Gasteiger partial charge in [-0.05, 0) is 37.7 Å². The summed E-state index contributed by atoms with van der Waals surface area (Å²) in [5.74, 6) is 2.30. The molecule has 5 heteroatoms. The third-order valence-electron chi connectivity index (χ3n) is 5.55. The van der Waals surface area contributed by atoms with Crippen molar-refractivity contribution in [3.63, 3.8) is 0 Å². The van der Waals surface area contributed by atoms with E-state index in [9.17, 15) is 4.79 Å². The second-order valence-electron chi connectivity index (χ2n) is 7.31. The monoisotopic (exact) mass is 346 g/mol. The van der Waals surface area contributed by atoms with Crippen molar-refractivity contribution >= 4 is 5.91 Å². The maximum atomic E-state index is 11.5. The van der Waals surface area contributed by atoms with Gasteiger partial charge >= 0.3 is 0 Å². The van der Waals surface area contributed by atoms with E-state index in [1.165, 1.54) is 5.56 Å². The molecule has 2 fully saturated rings. The molecule has 2 aliphatic rings. The summed E-state index contributed by atoms with van der Waals surface area (Å²) >= 11 is 0. The quantitative estimate of drug-likeness (QED) is 0.860. The van der Waals surface area contributed by atoms with Crippen molar-refractivity contribution in [2.75, 3.05) is 26.8 Å². The topological polar surface area (TPSA) is 50.8 Å². The Bertz CT molecular complexity index is 592. The summed E-state index contributed by atoms with van der Waals surface area (Å²) in [5, 5.41) is 3.08. The first-order valence-corrected chi connectivity index (χ1v) is 9.33. The van der Waals surface area contributed by atoms with Gasteiger partial charge in [-0.1, -0.05) is 18.2 Å². The smallest absolute Gasteiger partial charge is 0.217 e. The average Bonchev–Trinajstić information content (AvgIpc) is 2.96. The molecule has 1 saturated carbocycles. The molecule has 0 spiro atoms. The molecule has 5 nitrogen and oxygen atoms in total. The maximum Gasteiger partial charge on any atom is 0.217 e. The zero-order valence-corrected chi connectivity index (χ0v) is 15.5. The number of amides is 1. The number of nitrogens with one attached hydrogen (secondary N) is 1. The number of hydrogen-bond donors (Lipinski definition) is 1. The molecule has 0 unspecified atom stereocenters. The van der Waals surface area contributed by atoms with Gasteiger partial charge in [0.25, 0.3) is 0 Å². The number of hydrogen-bond acceptors (Lipinski definition) is 4. The third kappa shape index (κ3) is 4.33. The van der Waals surface area contributed by atoms with Crippen LogP contribution in [0.15, 0.2) is 24.3 Å². The Balaban J connectivity index is 1.64. The van der Waals surface area contributed by atoms with Gasteiger partial charge in [-0.25, -0.2) is 0 Å². The lowest BCUT2D eigenvalue weighted by molar-refractivity contribution is -0.121. The Kier molecular flexibility index (Phi) is 5.97. The van der Waals surface area contributed by atoms with Gasteiger partial charge in [0.2, 0.25) is 5.91 Å². The highest BCUT2D eigenvalue weighted by atomic mass is 16.5. The summed E-state index contributed by atoms with van der Waals surface area (Å²) in [6.07, 6.45) is 2.16. The fourth-order valence-electron chi connectivity index (χ4n) is 4.48. The van der Waals surface area contributed by atoms with E-state index in [1.54, 1.807) is 14.0 Å². The molecule has 1 aromatic rings. The van der Waals surface area contributed by atoms with Crippen molar-refractivity contribution in [3.8, 4) is 5.75 Å². The Labute approximate surface area is 150 Å². The van der Waals surface area contributed by atoms with E-state index in [0.29, 0.717) is 18.4 Å². The highest BCUT2D eigenvalue weighted by molar-refractivity contribution is 5.73. The van der Waals surface area contributed by atoms with E-state index < -0.39 is 0 Å². The minimum Gasteiger partial charge on any atom is -0.494 e. The Morgan fingerprint density at radius 3 is 2.64 bits per heavy atom. The largest absolute Gasteiger partial charge is 0.494 e. The molecule has 0 radical (unpaired) electrons. The van der Waals surface area contributed by atoms with Gasteiger partial charge in [-0.15, -0.1) is 0 Å². The SMILES string of the molecule is CCOc1ccccc1CN1C[C@H]2C[C@@H](NC(C)=O)[C@H](OC)C[C@H]2C1. The highest BCUT2D eigenvalue weighted by Gasteiger charge is 2.42. The summed E-state index contributed by atoms with van der Waals surface area (Å²) < 4.78 is 11.4. The lowest BCUT2D eigenvalue weighted by Crippen LogP contribution is -2.49. The van der Waals surface area contributed by atoms with Crippen LogP contribution in [0, 0.1) is 11.8 Å². The Morgan fingerprint density at radius 1 is 1.24 bits per heavy atom. The minimum atomic E-state index is 0.0333. The molecule has 1 amide bonds. The number of ether oxygens (including phenoxy) is 2. The van der Waals surface area contributed by atoms with Gasteiger partial charge in [0.15, 0.2) is 0 Å². The Morgan fingerprint density at radius 2 is 1.96 bits per heavy atom. The molecule has 1 aromatic carbocycles. The fraction of sp³-hybridized carbons (Fsp3) is 0.650. The first-order chi connectivity index (χ1) is 12.1. The van der Waals surface area contributed by atoms with Crippen molar-refractivity contribution in [3.05, 3.63) is 29.8 Å². The molecular weight excluding hydrogens is 316 g/mol. The van der Waals surface area contributed by atoms with Crippen LogP contribution in [0.25, 0.3) is 0 Å². The number of fused-ring (bicyclic) bond motifs is 1. The van der Waals surface area contributed by atoms with Crippen LogP contribution in [0.3, 0.4) is 0 Å². The standard InChI is InChI=1S/C20H30N2O3/c1-4-25-19-8-6-5-7-15(19)11-22-12-16-9-18(21-14(2)23)20(24-3)10-17(16)13-22/h5-8,16-18,20H,4,9-13H2,1-3H3,(H,21,23)/t16-,17+,18-,20-/m1/s1. The molecule has 0 bridgehead atoms. The second kappa shape index (κ2) is 8.19. The van der Waals surface area contributed by atoms with Crippen LogP contribution in [-0.2, 0) is 16.1 Å². The summed E-state index contributed by atoms with van der Waals surface area (Å²) in [6, 6.07) is 8.45. The number of rotatable bonds is 6. The van der Waals surface area contributed by atoms with Crippen molar-refractivity contribution in [1.29, 1.82) is 0 Å². The van der Waals surface area contributed by atoms with Crippen molar-refractivity contribution in [2.24, 2.45) is 11.8 Å². The van der Waals surface area contributed by atoms with Crippen LogP contribution >= 0.6 is 0 Å². The van der Waals surface area contributed by atoms with E-state index in [-0.39, 0.29) is 18.1 Å². The number of benzene rings is 1. The van der Waals surface area contributed by atoms with E-state index in [0.717, 1.165) is 38.2 Å². The first kappa shape index (κ1) is 18.2. The summed E-state index contributed by atoms with van der Waals surface area (Å²) in [5.41, 5.74) is 1.25. The average molecular weight is 346 g/mol. The van der Waals surface area contributed by atoms with Gasteiger partial charge in [0.05, 0.1) is 18.8 Å². The molecule has 25 heavy (non-hydrogen) atoms. The van der Waals surface area contributed by atoms with E-state index in [4.69, 9.17) is 9.47 Å². The van der Waals surface area contributed by atoms with E-state index in [2.05, 4.69) is 28.4 Å². The van der Waals surface area contributed by atoms with E-state index >= 15 is 0 Å². The molecule has 3 rings (SSSR count). The highest BCUT2D eigenvalue weighted by Crippen LogP contribution is 2.38. The fourth-order valence-corrected chi connectivity index (χ4v) is 4.48. The molecule has 1 heterocycles. The van der Waals surface area contributed by atoms with Gasteiger partial charge in [0, 0.05) is 39.2 Å². The lowest BCUT2D eigenvalue weighted by atomic mass is 9.77. The number of para-hydroxylation sites is 1. The zero-order chi connectivity index (χ0) is 17.8. The van der Waals surface area contributed by atoms with E-state index in [1.807, 2.05) is 13.0 Å². The third-order valence-corrected chi connectivity index (χ3v) is 5.55. The summed E-state index contributed by atoms with van der Waals surface area (Å²) in [4.78, 5) is 14.0. The van der Waals surface area contributed by atoms with Crippen molar-refractivity contribution in [1.82, 2.24) is 10.2 Å². The summed E-state index contributed by atoms with van der Waals surface area (Å²) in [6.45, 7) is 7.40. The number of carbonyl (C=O) groups is 1. The number of methoxy groups -OCH3 is 1. The van der Waals surface area contributed by atoms with Crippen LogP contribution < -0.4 is 10.1 Å². The number of likely N-dealkylation sites (tertiary alicyclic amines) is 1. The molecule has 1 aliphatic carbocycles. The van der Waals surface area contributed by atoms with Gasteiger partial charge in [-0.2, -0.15) is 0 Å². The van der Waals surface area contributed by atoms with Gasteiger partial charge < -0.3 is 14.8 Å². The normalized spacial score (nSPS) is 29.2. The van der Waals surface area contributed by atoms with Crippen LogP contribution in [-0.4, -0.2) is 49.8 Å². The molecule has 0 aromatic heterocycles. The molecule has 4 atom stereocenters. The molecule has 1 aliphatic heterocycles. The van der Waals surface area contributed by atoms with Gasteiger partial charge in [0.1, 0.15) is 5.75 Å². The number of carbonyl (C=O) groups excluding carboxylic acids is 1. The Hall–Kier alpha value is -1.59. The maximum absolute atomic E-state index is 11.5.